The van der Waals surface area contributed by atoms with Crippen molar-refractivity contribution in [3.63, 3.8) is 0 Å². The van der Waals surface area contributed by atoms with Crippen LogP contribution in [0.25, 0.3) is 11.5 Å². The molecule has 0 unspecified atom stereocenters. The smallest absolute Gasteiger partial charge is 0.230 e. The summed E-state index contributed by atoms with van der Waals surface area (Å²) in [7, 11) is 0. The maximum atomic E-state index is 4.44. The Kier molecular flexibility index (Phi) is 3.47. The number of pyridine rings is 2. The van der Waals surface area contributed by atoms with E-state index in [4.69, 9.17) is 0 Å². The van der Waals surface area contributed by atoms with Crippen LogP contribution in [-0.4, -0.2) is 26.0 Å². The molecule has 3 aromatic rings. The Labute approximate surface area is 121 Å². The minimum atomic E-state index is 0.734. The van der Waals surface area contributed by atoms with Crippen molar-refractivity contribution >= 4 is 11.8 Å². The second kappa shape index (κ2) is 5.42. The molecule has 3 rings (SSSR count). The van der Waals surface area contributed by atoms with E-state index in [2.05, 4.69) is 32.0 Å². The first kappa shape index (κ1) is 12.8. The van der Waals surface area contributed by atoms with Crippen LogP contribution in [0.2, 0.25) is 0 Å². The highest BCUT2D eigenvalue weighted by Crippen LogP contribution is 2.11. The van der Waals surface area contributed by atoms with Gasteiger partial charge in [0.15, 0.2) is 12.0 Å². The van der Waals surface area contributed by atoms with Crippen LogP contribution in [0.5, 0.6) is 0 Å². The summed E-state index contributed by atoms with van der Waals surface area (Å²) in [6.07, 6.45) is 7.60. The van der Waals surface area contributed by atoms with Crippen LogP contribution in [0.4, 0.5) is 0 Å². The number of aryl methyl sites for hydroxylation is 1. The zero-order valence-electron chi connectivity index (χ0n) is 11.3. The molecule has 0 aliphatic carbocycles. The molecular formula is C14H14N5S+. The summed E-state index contributed by atoms with van der Waals surface area (Å²) >= 11 is 1.70. The van der Waals surface area contributed by atoms with Gasteiger partial charge in [-0.3, -0.25) is 0 Å². The summed E-state index contributed by atoms with van der Waals surface area (Å²) in [5.74, 6) is 1.49. The Hall–Kier alpha value is -2.21. The van der Waals surface area contributed by atoms with Gasteiger partial charge in [-0.15, -0.1) is 0 Å². The van der Waals surface area contributed by atoms with E-state index in [0.717, 1.165) is 17.3 Å². The number of thioether (sulfide) groups is 1. The van der Waals surface area contributed by atoms with Gasteiger partial charge in [-0.1, -0.05) is 11.8 Å². The lowest BCUT2D eigenvalue weighted by Crippen LogP contribution is -2.32. The third kappa shape index (κ3) is 2.42. The van der Waals surface area contributed by atoms with Crippen LogP contribution >= 0.6 is 11.8 Å². The highest BCUT2D eigenvalue weighted by Gasteiger charge is 2.12. The molecule has 0 aliphatic heterocycles. The Balaban J connectivity index is 1.97. The van der Waals surface area contributed by atoms with E-state index in [9.17, 15) is 0 Å². The standard InChI is InChI=1S/C14H14N5S/c1-11-16-10-19(17-11)13-7-6-12(9-15-13)18-8-4-3-5-14(18)20-2/h3-10H,1-2H3/q+1. The lowest BCUT2D eigenvalue weighted by atomic mass is 10.3. The molecule has 0 atom stereocenters. The highest BCUT2D eigenvalue weighted by atomic mass is 32.2. The fourth-order valence-electron chi connectivity index (χ4n) is 1.92. The Bertz CT molecular complexity index is 720. The van der Waals surface area contributed by atoms with Gasteiger partial charge in [0, 0.05) is 18.2 Å². The van der Waals surface area contributed by atoms with Gasteiger partial charge in [0.25, 0.3) is 0 Å². The predicted octanol–water partition coefficient (Wildman–Crippen LogP) is 1.97. The number of hydrogen-bond acceptors (Lipinski definition) is 4. The van der Waals surface area contributed by atoms with Crippen LogP contribution in [0.15, 0.2) is 54.1 Å². The van der Waals surface area contributed by atoms with E-state index < -0.39 is 0 Å². The van der Waals surface area contributed by atoms with Gasteiger partial charge in [-0.2, -0.15) is 9.67 Å². The van der Waals surface area contributed by atoms with Crippen LogP contribution in [0.3, 0.4) is 0 Å². The molecule has 0 amide bonds. The molecular weight excluding hydrogens is 270 g/mol. The molecule has 0 saturated heterocycles. The normalized spacial score (nSPS) is 10.7. The van der Waals surface area contributed by atoms with Crippen molar-refractivity contribution < 1.29 is 4.57 Å². The summed E-state index contributed by atoms with van der Waals surface area (Å²) in [6, 6.07) is 10.1. The minimum Gasteiger partial charge on any atom is -0.230 e. The van der Waals surface area contributed by atoms with E-state index >= 15 is 0 Å². The number of nitrogens with zero attached hydrogens (tertiary/aromatic N) is 5. The quantitative estimate of drug-likeness (QED) is 0.545. The van der Waals surface area contributed by atoms with Crippen molar-refractivity contribution in [3.05, 3.63) is 54.9 Å². The third-order valence-corrected chi connectivity index (χ3v) is 3.63. The summed E-state index contributed by atoms with van der Waals surface area (Å²) in [6.45, 7) is 1.86. The molecule has 0 bridgehead atoms. The number of aromatic nitrogens is 5. The van der Waals surface area contributed by atoms with Crippen molar-refractivity contribution in [3.8, 4) is 11.5 Å². The first-order valence-corrected chi connectivity index (χ1v) is 7.40. The van der Waals surface area contributed by atoms with Crippen molar-refractivity contribution in [2.75, 3.05) is 6.26 Å². The second-order valence-electron chi connectivity index (χ2n) is 4.22. The van der Waals surface area contributed by atoms with Crippen LogP contribution in [0, 0.1) is 6.92 Å². The van der Waals surface area contributed by atoms with Gasteiger partial charge in [-0.05, 0) is 25.3 Å². The zero-order chi connectivity index (χ0) is 13.9. The molecule has 0 radical (unpaired) electrons. The van der Waals surface area contributed by atoms with Crippen LogP contribution < -0.4 is 4.57 Å². The topological polar surface area (TPSA) is 47.5 Å². The fraction of sp³-hybridized carbons (Fsp3) is 0.143. The number of hydrogen-bond donors (Lipinski definition) is 0. The van der Waals surface area contributed by atoms with Gasteiger partial charge >= 0.3 is 0 Å². The van der Waals surface area contributed by atoms with Crippen molar-refractivity contribution in [2.45, 2.75) is 11.9 Å². The maximum absolute atomic E-state index is 4.44. The largest absolute Gasteiger partial charge is 0.245 e. The van der Waals surface area contributed by atoms with Gasteiger partial charge < -0.3 is 0 Å². The molecule has 0 spiro atoms. The van der Waals surface area contributed by atoms with Gasteiger partial charge in [0.05, 0.1) is 0 Å². The average molecular weight is 284 g/mol. The SMILES string of the molecule is CSc1cccc[n+]1-c1ccc(-n2cnc(C)n2)nc1. The van der Waals surface area contributed by atoms with E-state index in [1.807, 2.05) is 43.6 Å². The van der Waals surface area contributed by atoms with Gasteiger partial charge in [0.2, 0.25) is 10.7 Å². The fourth-order valence-corrected chi connectivity index (χ4v) is 2.50. The summed E-state index contributed by atoms with van der Waals surface area (Å²) in [4.78, 5) is 8.55. The molecule has 20 heavy (non-hydrogen) atoms. The van der Waals surface area contributed by atoms with Gasteiger partial charge in [0.1, 0.15) is 18.3 Å². The molecule has 100 valence electrons. The number of rotatable bonds is 3. The molecule has 0 saturated carbocycles. The summed E-state index contributed by atoms with van der Waals surface area (Å²) in [5.41, 5.74) is 1.02. The van der Waals surface area contributed by atoms with Crippen LogP contribution in [-0.2, 0) is 0 Å². The molecule has 0 N–H and O–H groups in total. The molecule has 0 aromatic carbocycles. The maximum Gasteiger partial charge on any atom is 0.245 e. The van der Waals surface area contributed by atoms with E-state index in [-0.39, 0.29) is 0 Å². The van der Waals surface area contributed by atoms with Crippen LogP contribution in [0.1, 0.15) is 5.82 Å². The third-order valence-electron chi connectivity index (χ3n) is 2.88. The molecule has 3 aromatic heterocycles. The Morgan fingerprint density at radius 2 is 2.05 bits per heavy atom. The van der Waals surface area contributed by atoms with Crippen molar-refractivity contribution in [1.29, 1.82) is 0 Å². The molecule has 5 nitrogen and oxygen atoms in total. The average Bonchev–Trinajstić information content (AvgIpc) is 2.94. The second-order valence-corrected chi connectivity index (χ2v) is 5.05. The molecule has 6 heteroatoms. The summed E-state index contributed by atoms with van der Waals surface area (Å²) < 4.78 is 3.78. The first-order valence-electron chi connectivity index (χ1n) is 6.17. The predicted molar refractivity (Wildman–Crippen MR) is 77.2 cm³/mol. The summed E-state index contributed by atoms with van der Waals surface area (Å²) in [5, 5.41) is 5.41. The lowest BCUT2D eigenvalue weighted by Gasteiger charge is -2.02. The molecule has 0 aliphatic rings. The lowest BCUT2D eigenvalue weighted by molar-refractivity contribution is -0.636. The van der Waals surface area contributed by atoms with E-state index in [0.29, 0.717) is 0 Å². The first-order chi connectivity index (χ1) is 9.78. The zero-order valence-corrected chi connectivity index (χ0v) is 12.1. The van der Waals surface area contributed by atoms with E-state index in [1.165, 1.54) is 5.03 Å². The van der Waals surface area contributed by atoms with E-state index in [1.54, 1.807) is 22.8 Å². The van der Waals surface area contributed by atoms with Crippen molar-refractivity contribution in [1.82, 2.24) is 19.7 Å². The molecule has 0 fully saturated rings. The Morgan fingerprint density at radius 3 is 2.70 bits per heavy atom. The minimum absolute atomic E-state index is 0.734. The Morgan fingerprint density at radius 1 is 1.15 bits per heavy atom. The monoisotopic (exact) mass is 284 g/mol. The van der Waals surface area contributed by atoms with Crippen molar-refractivity contribution in [2.24, 2.45) is 0 Å². The highest BCUT2D eigenvalue weighted by molar-refractivity contribution is 7.98. The molecule has 3 heterocycles. The van der Waals surface area contributed by atoms with Gasteiger partial charge in [-0.25, -0.2) is 14.6 Å².